The third kappa shape index (κ3) is 2.68. The number of halogens is 1. The summed E-state index contributed by atoms with van der Waals surface area (Å²) >= 11 is 3.39. The minimum Gasteiger partial charge on any atom is -0.469 e. The summed E-state index contributed by atoms with van der Waals surface area (Å²) in [6, 6.07) is 2.01. The van der Waals surface area contributed by atoms with Gasteiger partial charge in [-0.05, 0) is 29.0 Å². The maximum Gasteiger partial charge on any atom is 0.218 e. The van der Waals surface area contributed by atoms with Crippen molar-refractivity contribution in [1.82, 2.24) is 10.3 Å². The molecular weight excluding hydrogens is 260 g/mol. The van der Waals surface area contributed by atoms with Crippen LogP contribution in [0.3, 0.4) is 0 Å². The average molecular weight is 273 g/mol. The number of nitrogens with zero attached hydrogens (tertiary/aromatic N) is 1. The van der Waals surface area contributed by atoms with E-state index in [2.05, 4.69) is 26.2 Å². The maximum atomic E-state index is 5.69. The molecule has 1 N–H and O–H groups in total. The van der Waals surface area contributed by atoms with E-state index < -0.39 is 0 Å². The number of rotatable bonds is 4. The molecule has 2 rings (SSSR count). The Morgan fingerprint density at radius 1 is 1.67 bits per heavy atom. The Kier molecular flexibility index (Phi) is 3.56. The molecule has 0 unspecified atom stereocenters. The van der Waals surface area contributed by atoms with Gasteiger partial charge in [-0.3, -0.25) is 0 Å². The predicted molar refractivity (Wildman–Crippen MR) is 59.9 cm³/mol. The molecule has 0 bridgehead atoms. The number of hydrogen-bond donors (Lipinski definition) is 1. The fraction of sp³-hybridized carbons (Fsp3) is 0.500. The highest BCUT2D eigenvalue weighted by Crippen LogP contribution is 2.22. The van der Waals surface area contributed by atoms with Gasteiger partial charge in [-0.15, -0.1) is 0 Å². The van der Waals surface area contributed by atoms with E-state index >= 15 is 0 Å². The van der Waals surface area contributed by atoms with E-state index in [-0.39, 0.29) is 6.10 Å². The molecule has 1 aromatic heterocycles. The summed E-state index contributed by atoms with van der Waals surface area (Å²) in [5.41, 5.74) is 1.05. The highest BCUT2D eigenvalue weighted by molar-refractivity contribution is 9.10. The Hall–Kier alpha value is -0.650. The fourth-order valence-corrected chi connectivity index (χ4v) is 1.71. The van der Waals surface area contributed by atoms with Crippen LogP contribution in [0.5, 0.6) is 5.88 Å². The van der Waals surface area contributed by atoms with Crippen molar-refractivity contribution < 1.29 is 9.47 Å². The number of hydrogen-bond acceptors (Lipinski definition) is 4. The lowest BCUT2D eigenvalue weighted by atomic mass is 10.2. The van der Waals surface area contributed by atoms with Crippen molar-refractivity contribution in [3.05, 3.63) is 22.3 Å². The predicted octanol–water partition coefficient (Wildman–Crippen LogP) is 1.34. The summed E-state index contributed by atoms with van der Waals surface area (Å²) in [6.45, 7) is 2.07. The van der Waals surface area contributed by atoms with Gasteiger partial charge in [0.25, 0.3) is 0 Å². The van der Waals surface area contributed by atoms with E-state index in [4.69, 9.17) is 9.47 Å². The molecule has 0 spiro atoms. The van der Waals surface area contributed by atoms with Crippen LogP contribution in [0.4, 0.5) is 0 Å². The SMILES string of the molecule is CNCc1cc(Br)cnc1OC1COC1. The lowest BCUT2D eigenvalue weighted by molar-refractivity contribution is -0.0817. The van der Waals surface area contributed by atoms with Gasteiger partial charge in [0.2, 0.25) is 5.88 Å². The molecule has 4 nitrogen and oxygen atoms in total. The molecule has 0 atom stereocenters. The van der Waals surface area contributed by atoms with E-state index in [1.807, 2.05) is 13.1 Å². The largest absolute Gasteiger partial charge is 0.469 e. The van der Waals surface area contributed by atoms with E-state index in [9.17, 15) is 0 Å². The topological polar surface area (TPSA) is 43.4 Å². The Morgan fingerprint density at radius 2 is 2.47 bits per heavy atom. The molecule has 0 saturated carbocycles. The highest BCUT2D eigenvalue weighted by Gasteiger charge is 2.21. The van der Waals surface area contributed by atoms with E-state index in [1.54, 1.807) is 6.20 Å². The Balaban J connectivity index is 2.12. The molecular formula is C10H13BrN2O2. The molecule has 82 valence electrons. The van der Waals surface area contributed by atoms with Crippen LogP contribution in [0.25, 0.3) is 0 Å². The van der Waals surface area contributed by atoms with Crippen molar-refractivity contribution >= 4 is 15.9 Å². The van der Waals surface area contributed by atoms with Crippen molar-refractivity contribution in [2.24, 2.45) is 0 Å². The molecule has 1 saturated heterocycles. The second kappa shape index (κ2) is 4.92. The normalized spacial score (nSPS) is 16.1. The Bertz CT molecular complexity index is 342. The standard InChI is InChI=1S/C10H13BrN2O2/c1-12-3-7-2-8(11)4-13-10(7)15-9-5-14-6-9/h2,4,9,12H,3,5-6H2,1H3. The van der Waals surface area contributed by atoms with Gasteiger partial charge in [0.1, 0.15) is 6.10 Å². The summed E-state index contributed by atoms with van der Waals surface area (Å²) in [5, 5.41) is 3.09. The molecule has 2 heterocycles. The summed E-state index contributed by atoms with van der Waals surface area (Å²) in [7, 11) is 1.90. The van der Waals surface area contributed by atoms with Crippen LogP contribution >= 0.6 is 15.9 Å². The molecule has 0 amide bonds. The first-order chi connectivity index (χ1) is 7.29. The molecule has 0 aliphatic carbocycles. The number of nitrogens with one attached hydrogen (secondary N) is 1. The third-order valence-corrected chi connectivity index (χ3v) is 2.58. The third-order valence-electron chi connectivity index (χ3n) is 2.14. The first-order valence-electron chi connectivity index (χ1n) is 4.83. The van der Waals surface area contributed by atoms with Crippen LogP contribution in [-0.4, -0.2) is 31.3 Å². The number of pyridine rings is 1. The van der Waals surface area contributed by atoms with Gasteiger partial charge in [-0.25, -0.2) is 4.98 Å². The lowest BCUT2D eigenvalue weighted by Crippen LogP contribution is -2.39. The number of aromatic nitrogens is 1. The van der Waals surface area contributed by atoms with Gasteiger partial charge in [0, 0.05) is 22.8 Å². The van der Waals surface area contributed by atoms with Crippen LogP contribution in [0.15, 0.2) is 16.7 Å². The summed E-state index contributed by atoms with van der Waals surface area (Å²) in [5.74, 6) is 0.695. The average Bonchev–Trinajstić information content (AvgIpc) is 2.14. The zero-order valence-electron chi connectivity index (χ0n) is 8.50. The molecule has 1 aliphatic heterocycles. The molecule has 15 heavy (non-hydrogen) atoms. The Morgan fingerprint density at radius 3 is 3.07 bits per heavy atom. The first kappa shape index (κ1) is 10.9. The van der Waals surface area contributed by atoms with Gasteiger partial charge in [0.15, 0.2) is 0 Å². The zero-order valence-corrected chi connectivity index (χ0v) is 10.1. The van der Waals surface area contributed by atoms with Gasteiger partial charge in [0.05, 0.1) is 13.2 Å². The van der Waals surface area contributed by atoms with Crippen LogP contribution in [0, 0.1) is 0 Å². The van der Waals surface area contributed by atoms with Gasteiger partial charge >= 0.3 is 0 Å². The van der Waals surface area contributed by atoms with E-state index in [0.29, 0.717) is 19.1 Å². The van der Waals surface area contributed by atoms with Crippen LogP contribution < -0.4 is 10.1 Å². The quantitative estimate of drug-likeness (QED) is 0.899. The molecule has 1 fully saturated rings. The van der Waals surface area contributed by atoms with Gasteiger partial charge in [-0.2, -0.15) is 0 Å². The minimum absolute atomic E-state index is 0.161. The maximum absolute atomic E-state index is 5.69. The molecule has 1 aromatic rings. The highest BCUT2D eigenvalue weighted by atomic mass is 79.9. The van der Waals surface area contributed by atoms with Crippen molar-refractivity contribution in [2.75, 3.05) is 20.3 Å². The molecule has 0 aromatic carbocycles. The summed E-state index contributed by atoms with van der Waals surface area (Å²) in [6.07, 6.45) is 1.91. The zero-order chi connectivity index (χ0) is 10.7. The van der Waals surface area contributed by atoms with Crippen molar-refractivity contribution in [1.29, 1.82) is 0 Å². The van der Waals surface area contributed by atoms with E-state index in [1.165, 1.54) is 0 Å². The Labute approximate surface area is 97.1 Å². The summed E-state index contributed by atoms with van der Waals surface area (Å²) in [4.78, 5) is 4.25. The second-order valence-corrected chi connectivity index (χ2v) is 4.34. The molecule has 5 heteroatoms. The smallest absolute Gasteiger partial charge is 0.218 e. The summed E-state index contributed by atoms with van der Waals surface area (Å²) < 4.78 is 11.7. The van der Waals surface area contributed by atoms with Crippen molar-refractivity contribution in [2.45, 2.75) is 12.6 Å². The van der Waals surface area contributed by atoms with Crippen molar-refractivity contribution in [3.8, 4) is 5.88 Å². The van der Waals surface area contributed by atoms with Crippen LogP contribution in [0.1, 0.15) is 5.56 Å². The molecule has 1 aliphatic rings. The van der Waals surface area contributed by atoms with Gasteiger partial charge < -0.3 is 14.8 Å². The minimum atomic E-state index is 0.161. The van der Waals surface area contributed by atoms with Gasteiger partial charge in [-0.1, -0.05) is 0 Å². The lowest BCUT2D eigenvalue weighted by Gasteiger charge is -2.27. The first-order valence-corrected chi connectivity index (χ1v) is 5.62. The molecule has 0 radical (unpaired) electrons. The van der Waals surface area contributed by atoms with E-state index in [0.717, 1.165) is 16.6 Å². The van der Waals surface area contributed by atoms with Crippen LogP contribution in [-0.2, 0) is 11.3 Å². The number of ether oxygens (including phenoxy) is 2. The monoisotopic (exact) mass is 272 g/mol. The van der Waals surface area contributed by atoms with Crippen molar-refractivity contribution in [3.63, 3.8) is 0 Å². The van der Waals surface area contributed by atoms with Crippen LogP contribution in [0.2, 0.25) is 0 Å². The fourth-order valence-electron chi connectivity index (χ4n) is 1.33. The second-order valence-electron chi connectivity index (χ2n) is 3.43.